The molecule has 1 rings (SSSR count). The van der Waals surface area contributed by atoms with Crippen LogP contribution in [0.4, 0.5) is 0 Å². The highest BCUT2D eigenvalue weighted by molar-refractivity contribution is 5.98. The number of Topliss-reactive ketones (excluding diaryl/α,β-unsaturated/α-hetero) is 1. The normalized spacial score (nSPS) is 11.9. The summed E-state index contributed by atoms with van der Waals surface area (Å²) in [6.07, 6.45) is -0.970. The van der Waals surface area contributed by atoms with Gasteiger partial charge >= 0.3 is 5.97 Å². The van der Waals surface area contributed by atoms with E-state index in [0.717, 1.165) is 5.56 Å². The van der Waals surface area contributed by atoms with Gasteiger partial charge in [-0.3, -0.25) is 9.59 Å². The molecule has 0 aromatic heterocycles. The number of benzene rings is 1. The Labute approximate surface area is 101 Å². The molecular formula is C13H16O4. The number of hydrogen-bond donors (Lipinski definition) is 0. The molecule has 0 bridgehead atoms. The lowest BCUT2D eigenvalue weighted by atomic mass is 10.0. The maximum atomic E-state index is 11.8. The number of ketones is 1. The van der Waals surface area contributed by atoms with Crippen molar-refractivity contribution in [1.29, 1.82) is 0 Å². The fourth-order valence-electron chi connectivity index (χ4n) is 1.53. The molecule has 4 nitrogen and oxygen atoms in total. The Kier molecular flexibility index (Phi) is 5.36. The average molecular weight is 236 g/mol. The molecule has 0 heterocycles. The zero-order valence-corrected chi connectivity index (χ0v) is 10.0. The minimum absolute atomic E-state index is 0.263. The summed E-state index contributed by atoms with van der Waals surface area (Å²) in [6, 6.07) is 9.07. The van der Waals surface area contributed by atoms with E-state index in [-0.39, 0.29) is 18.8 Å². The molecule has 0 unspecified atom stereocenters. The first-order chi connectivity index (χ1) is 8.19. The van der Waals surface area contributed by atoms with Crippen LogP contribution in [0.25, 0.3) is 0 Å². The first-order valence-electron chi connectivity index (χ1n) is 5.45. The molecule has 0 saturated carbocycles. The molecule has 0 radical (unpaired) electrons. The number of carbonyl (C=O) groups is 2. The Morgan fingerprint density at radius 3 is 2.41 bits per heavy atom. The van der Waals surface area contributed by atoms with Gasteiger partial charge in [-0.25, -0.2) is 0 Å². The molecule has 1 aromatic rings. The largest absolute Gasteiger partial charge is 0.466 e. The predicted molar refractivity (Wildman–Crippen MR) is 62.4 cm³/mol. The van der Waals surface area contributed by atoms with Gasteiger partial charge in [-0.15, -0.1) is 0 Å². The maximum absolute atomic E-state index is 11.8. The highest BCUT2D eigenvalue weighted by Crippen LogP contribution is 2.18. The third-order valence-electron chi connectivity index (χ3n) is 2.25. The first kappa shape index (κ1) is 13.4. The summed E-state index contributed by atoms with van der Waals surface area (Å²) in [7, 11) is 1.45. The second-order valence-electron chi connectivity index (χ2n) is 3.47. The van der Waals surface area contributed by atoms with E-state index in [0.29, 0.717) is 0 Å². The lowest BCUT2D eigenvalue weighted by Crippen LogP contribution is -2.19. The zero-order valence-electron chi connectivity index (χ0n) is 10.0. The van der Waals surface area contributed by atoms with E-state index in [2.05, 4.69) is 0 Å². The fraction of sp³-hybridized carbons (Fsp3) is 0.385. The summed E-state index contributed by atoms with van der Waals surface area (Å²) in [5.74, 6) is -0.812. The Hall–Kier alpha value is -1.68. The topological polar surface area (TPSA) is 52.6 Å². The number of esters is 1. The van der Waals surface area contributed by atoms with Crippen LogP contribution in [0.5, 0.6) is 0 Å². The van der Waals surface area contributed by atoms with Crippen molar-refractivity contribution in [2.45, 2.75) is 19.4 Å². The molecular weight excluding hydrogens is 220 g/mol. The summed E-state index contributed by atoms with van der Waals surface area (Å²) < 4.78 is 9.85. The summed E-state index contributed by atoms with van der Waals surface area (Å²) in [4.78, 5) is 23.0. The third kappa shape index (κ3) is 4.00. The van der Waals surface area contributed by atoms with Gasteiger partial charge in [0, 0.05) is 7.11 Å². The van der Waals surface area contributed by atoms with Gasteiger partial charge in [0.2, 0.25) is 0 Å². The summed E-state index contributed by atoms with van der Waals surface area (Å²) in [5.41, 5.74) is 0.740. The van der Waals surface area contributed by atoms with Crippen LogP contribution in [0.3, 0.4) is 0 Å². The van der Waals surface area contributed by atoms with E-state index in [1.54, 1.807) is 19.1 Å². The SMILES string of the molecule is CCOC(=O)CC(=O)[C@H](OC)c1ccccc1. The maximum Gasteiger partial charge on any atom is 0.313 e. The molecule has 0 amide bonds. The van der Waals surface area contributed by atoms with Crippen molar-refractivity contribution in [1.82, 2.24) is 0 Å². The van der Waals surface area contributed by atoms with Gasteiger partial charge in [-0.1, -0.05) is 30.3 Å². The van der Waals surface area contributed by atoms with Gasteiger partial charge in [0.25, 0.3) is 0 Å². The number of methoxy groups -OCH3 is 1. The lowest BCUT2D eigenvalue weighted by Gasteiger charge is -2.13. The van der Waals surface area contributed by atoms with Gasteiger partial charge in [0.1, 0.15) is 12.5 Å². The van der Waals surface area contributed by atoms with Crippen LogP contribution in [0.15, 0.2) is 30.3 Å². The quantitative estimate of drug-likeness (QED) is 0.559. The number of ether oxygens (including phenoxy) is 2. The van der Waals surface area contributed by atoms with Crippen LogP contribution >= 0.6 is 0 Å². The van der Waals surface area contributed by atoms with Crippen molar-refractivity contribution in [3.05, 3.63) is 35.9 Å². The summed E-state index contributed by atoms with van der Waals surface area (Å²) in [5, 5.41) is 0. The van der Waals surface area contributed by atoms with E-state index >= 15 is 0 Å². The summed E-state index contributed by atoms with van der Waals surface area (Å²) in [6.45, 7) is 1.97. The Morgan fingerprint density at radius 1 is 1.24 bits per heavy atom. The standard InChI is InChI=1S/C13H16O4/c1-3-17-12(15)9-11(14)13(16-2)10-7-5-4-6-8-10/h4-8,13H,3,9H2,1-2H3/t13-/m1/s1. The molecule has 0 aliphatic rings. The van der Waals surface area contributed by atoms with Crippen LogP contribution < -0.4 is 0 Å². The summed E-state index contributed by atoms with van der Waals surface area (Å²) >= 11 is 0. The molecule has 17 heavy (non-hydrogen) atoms. The molecule has 0 spiro atoms. The van der Waals surface area contributed by atoms with Crippen LogP contribution in [0, 0.1) is 0 Å². The molecule has 0 aliphatic heterocycles. The molecule has 0 N–H and O–H groups in total. The minimum atomic E-state index is -0.708. The van der Waals surface area contributed by atoms with Crippen LogP contribution in [-0.2, 0) is 19.1 Å². The van der Waals surface area contributed by atoms with Gasteiger partial charge in [0.15, 0.2) is 5.78 Å². The van der Waals surface area contributed by atoms with Gasteiger partial charge < -0.3 is 9.47 Å². The lowest BCUT2D eigenvalue weighted by molar-refractivity contribution is -0.147. The van der Waals surface area contributed by atoms with E-state index in [9.17, 15) is 9.59 Å². The Morgan fingerprint density at radius 2 is 1.88 bits per heavy atom. The number of rotatable bonds is 6. The second-order valence-corrected chi connectivity index (χ2v) is 3.47. The van der Waals surface area contributed by atoms with E-state index < -0.39 is 12.1 Å². The van der Waals surface area contributed by atoms with E-state index in [1.807, 2.05) is 18.2 Å². The Bertz CT molecular complexity index is 372. The average Bonchev–Trinajstić information content (AvgIpc) is 2.31. The van der Waals surface area contributed by atoms with Crippen LogP contribution in [0.1, 0.15) is 25.0 Å². The molecule has 1 atom stereocenters. The highest BCUT2D eigenvalue weighted by Gasteiger charge is 2.22. The van der Waals surface area contributed by atoms with Crippen LogP contribution in [-0.4, -0.2) is 25.5 Å². The molecule has 0 fully saturated rings. The van der Waals surface area contributed by atoms with E-state index in [1.165, 1.54) is 7.11 Å². The van der Waals surface area contributed by atoms with E-state index in [4.69, 9.17) is 9.47 Å². The monoisotopic (exact) mass is 236 g/mol. The molecule has 92 valence electrons. The van der Waals surface area contributed by atoms with Crippen molar-refractivity contribution >= 4 is 11.8 Å². The van der Waals surface area contributed by atoms with Crippen LogP contribution in [0.2, 0.25) is 0 Å². The van der Waals surface area contributed by atoms with Gasteiger partial charge in [0.05, 0.1) is 6.61 Å². The van der Waals surface area contributed by atoms with Crippen molar-refractivity contribution in [2.75, 3.05) is 13.7 Å². The first-order valence-corrected chi connectivity index (χ1v) is 5.45. The van der Waals surface area contributed by atoms with Gasteiger partial charge in [-0.05, 0) is 12.5 Å². The number of hydrogen-bond acceptors (Lipinski definition) is 4. The zero-order chi connectivity index (χ0) is 12.7. The van der Waals surface area contributed by atoms with Crippen molar-refractivity contribution < 1.29 is 19.1 Å². The third-order valence-corrected chi connectivity index (χ3v) is 2.25. The molecule has 4 heteroatoms. The minimum Gasteiger partial charge on any atom is -0.466 e. The van der Waals surface area contributed by atoms with Crippen molar-refractivity contribution in [3.63, 3.8) is 0 Å². The number of carbonyl (C=O) groups excluding carboxylic acids is 2. The second kappa shape index (κ2) is 6.81. The smallest absolute Gasteiger partial charge is 0.313 e. The fourth-order valence-corrected chi connectivity index (χ4v) is 1.53. The Balaban J connectivity index is 2.68. The van der Waals surface area contributed by atoms with Gasteiger partial charge in [-0.2, -0.15) is 0 Å². The highest BCUT2D eigenvalue weighted by atomic mass is 16.5. The molecule has 1 aromatic carbocycles. The van der Waals surface area contributed by atoms with Crippen molar-refractivity contribution in [2.24, 2.45) is 0 Å². The molecule has 0 aliphatic carbocycles. The van der Waals surface area contributed by atoms with Crippen molar-refractivity contribution in [3.8, 4) is 0 Å². The molecule has 0 saturated heterocycles. The predicted octanol–water partition coefficient (Wildman–Crippen LogP) is 1.90.